The molecule has 1 heterocycles. The van der Waals surface area contributed by atoms with E-state index in [-0.39, 0.29) is 24.4 Å². The van der Waals surface area contributed by atoms with E-state index < -0.39 is 0 Å². The highest BCUT2D eigenvalue weighted by Gasteiger charge is 2.51. The smallest absolute Gasteiger partial charge is 0.310 e. The predicted octanol–water partition coefficient (Wildman–Crippen LogP) is 3.60. The largest absolute Gasteiger partial charge is 0.455 e. The average Bonchev–Trinajstić information content (AvgIpc) is 2.72. The number of nitrogens with zero attached hydrogens (tertiary/aromatic N) is 2. The standard InChI is InChI=1S/C23H29ClN2O3/c24-19-3-1-2-4-20(19)25-5-7-26(8-6-25)21(27)14-29-23(28)22-17-10-15-9-16(12-17)13-18(22)11-15/h1-4,15-18,22H,5-14H2. The monoisotopic (exact) mass is 416 g/mol. The summed E-state index contributed by atoms with van der Waals surface area (Å²) in [6.07, 6.45) is 6.11. The summed E-state index contributed by atoms with van der Waals surface area (Å²) >= 11 is 6.29. The van der Waals surface area contributed by atoms with Gasteiger partial charge in [-0.25, -0.2) is 0 Å². The molecule has 4 aliphatic carbocycles. The van der Waals surface area contributed by atoms with Gasteiger partial charge in [0.1, 0.15) is 0 Å². The van der Waals surface area contributed by atoms with Crippen molar-refractivity contribution in [2.45, 2.75) is 32.1 Å². The van der Waals surface area contributed by atoms with Gasteiger partial charge >= 0.3 is 5.97 Å². The molecule has 5 nitrogen and oxygen atoms in total. The van der Waals surface area contributed by atoms with Crippen LogP contribution in [0.15, 0.2) is 24.3 Å². The average molecular weight is 417 g/mol. The number of hydrogen-bond acceptors (Lipinski definition) is 4. The lowest BCUT2D eigenvalue weighted by Gasteiger charge is -2.53. The van der Waals surface area contributed by atoms with Crippen molar-refractivity contribution < 1.29 is 14.3 Å². The van der Waals surface area contributed by atoms with E-state index >= 15 is 0 Å². The van der Waals surface area contributed by atoms with Gasteiger partial charge in [-0.2, -0.15) is 0 Å². The maximum atomic E-state index is 12.8. The molecule has 0 radical (unpaired) electrons. The first-order valence-electron chi connectivity index (χ1n) is 11.0. The number of benzene rings is 1. The van der Waals surface area contributed by atoms with Gasteiger partial charge in [-0.1, -0.05) is 23.7 Å². The van der Waals surface area contributed by atoms with Gasteiger partial charge in [0.15, 0.2) is 6.61 Å². The summed E-state index contributed by atoms with van der Waals surface area (Å²) in [6, 6.07) is 7.79. The van der Waals surface area contributed by atoms with Crippen molar-refractivity contribution in [1.29, 1.82) is 0 Å². The van der Waals surface area contributed by atoms with E-state index in [1.807, 2.05) is 24.3 Å². The molecule has 5 aliphatic rings. The van der Waals surface area contributed by atoms with Crippen LogP contribution in [0.5, 0.6) is 0 Å². The highest BCUT2D eigenvalue weighted by molar-refractivity contribution is 6.33. The number of anilines is 1. The zero-order valence-electron chi connectivity index (χ0n) is 16.8. The maximum Gasteiger partial charge on any atom is 0.310 e. The van der Waals surface area contributed by atoms with E-state index in [1.54, 1.807) is 4.90 Å². The third-order valence-corrected chi connectivity index (χ3v) is 7.98. The maximum absolute atomic E-state index is 12.8. The van der Waals surface area contributed by atoms with Gasteiger partial charge < -0.3 is 14.5 Å². The highest BCUT2D eigenvalue weighted by Crippen LogP contribution is 2.56. The molecule has 5 fully saturated rings. The third-order valence-electron chi connectivity index (χ3n) is 7.66. The number of piperazine rings is 1. The molecule has 0 unspecified atom stereocenters. The first kappa shape index (κ1) is 19.2. The van der Waals surface area contributed by atoms with Crippen LogP contribution in [0.25, 0.3) is 0 Å². The summed E-state index contributed by atoms with van der Waals surface area (Å²) in [7, 11) is 0. The Kier molecular flexibility index (Phi) is 5.19. The molecule has 6 heteroatoms. The summed E-state index contributed by atoms with van der Waals surface area (Å²) in [6.45, 7) is 2.60. The molecule has 156 valence electrons. The second-order valence-corrected chi connectivity index (χ2v) is 9.79. The van der Waals surface area contributed by atoms with Crippen molar-refractivity contribution in [3.63, 3.8) is 0 Å². The molecular formula is C23H29ClN2O3. The van der Waals surface area contributed by atoms with Gasteiger partial charge in [0.25, 0.3) is 5.91 Å². The molecule has 1 saturated heterocycles. The van der Waals surface area contributed by atoms with Gasteiger partial charge in [0.2, 0.25) is 0 Å². The van der Waals surface area contributed by atoms with Crippen molar-refractivity contribution >= 4 is 29.2 Å². The topological polar surface area (TPSA) is 49.9 Å². The van der Waals surface area contributed by atoms with E-state index in [0.717, 1.165) is 35.6 Å². The molecule has 4 bridgehead atoms. The molecule has 4 saturated carbocycles. The van der Waals surface area contributed by atoms with Crippen LogP contribution in [0.2, 0.25) is 5.02 Å². The summed E-state index contributed by atoms with van der Waals surface area (Å²) < 4.78 is 5.55. The van der Waals surface area contributed by atoms with Gasteiger partial charge in [-0.3, -0.25) is 9.59 Å². The van der Waals surface area contributed by atoms with Gasteiger partial charge in [0, 0.05) is 26.2 Å². The Morgan fingerprint density at radius 3 is 2.17 bits per heavy atom. The number of esters is 1. The molecule has 1 aromatic carbocycles. The zero-order chi connectivity index (χ0) is 20.0. The first-order valence-corrected chi connectivity index (χ1v) is 11.4. The summed E-state index contributed by atoms with van der Waals surface area (Å²) in [4.78, 5) is 29.4. The fourth-order valence-corrected chi connectivity index (χ4v) is 6.79. The fraction of sp³-hybridized carbons (Fsp3) is 0.652. The number of hydrogen-bond donors (Lipinski definition) is 0. The van der Waals surface area contributed by atoms with Crippen LogP contribution in [0.3, 0.4) is 0 Å². The lowest BCUT2D eigenvalue weighted by atomic mass is 9.52. The first-order chi connectivity index (χ1) is 14.1. The molecule has 0 N–H and O–H groups in total. The second-order valence-electron chi connectivity index (χ2n) is 9.38. The SMILES string of the molecule is O=C(OCC(=O)N1CCN(c2ccccc2Cl)CC1)C1C2CC3CC(C2)CC1C3. The Hall–Kier alpha value is -1.75. The van der Waals surface area contributed by atoms with Crippen LogP contribution in [0.4, 0.5) is 5.69 Å². The zero-order valence-corrected chi connectivity index (χ0v) is 17.5. The minimum absolute atomic E-state index is 0.0349. The Bertz CT molecular complexity index is 762. The Balaban J connectivity index is 1.11. The molecule has 1 aromatic rings. The van der Waals surface area contributed by atoms with Crippen molar-refractivity contribution in [3.8, 4) is 0 Å². The van der Waals surface area contributed by atoms with Gasteiger partial charge in [-0.15, -0.1) is 0 Å². The van der Waals surface area contributed by atoms with E-state index in [4.69, 9.17) is 16.3 Å². The number of ether oxygens (including phenoxy) is 1. The number of carbonyl (C=O) groups is 2. The fourth-order valence-electron chi connectivity index (χ4n) is 6.54. The predicted molar refractivity (Wildman–Crippen MR) is 112 cm³/mol. The third kappa shape index (κ3) is 3.74. The van der Waals surface area contributed by atoms with E-state index in [2.05, 4.69) is 4.90 Å². The highest BCUT2D eigenvalue weighted by atomic mass is 35.5. The van der Waals surface area contributed by atoms with Crippen LogP contribution >= 0.6 is 11.6 Å². The molecule has 29 heavy (non-hydrogen) atoms. The molecule has 0 aromatic heterocycles. The Labute approximate surface area is 177 Å². The minimum atomic E-state index is -0.123. The van der Waals surface area contributed by atoms with E-state index in [1.165, 1.54) is 32.1 Å². The molecular weight excluding hydrogens is 388 g/mol. The van der Waals surface area contributed by atoms with Crippen LogP contribution < -0.4 is 4.90 Å². The minimum Gasteiger partial charge on any atom is -0.455 e. The van der Waals surface area contributed by atoms with Gasteiger partial charge in [0.05, 0.1) is 16.6 Å². The number of carbonyl (C=O) groups excluding carboxylic acids is 2. The normalized spacial score (nSPS) is 33.1. The number of amides is 1. The van der Waals surface area contributed by atoms with Crippen molar-refractivity contribution in [1.82, 2.24) is 4.90 Å². The second kappa shape index (κ2) is 7.82. The molecule has 6 rings (SSSR count). The number of rotatable bonds is 4. The Morgan fingerprint density at radius 1 is 0.931 bits per heavy atom. The van der Waals surface area contributed by atoms with Crippen molar-refractivity contribution in [2.75, 3.05) is 37.7 Å². The van der Waals surface area contributed by atoms with Crippen molar-refractivity contribution in [3.05, 3.63) is 29.3 Å². The molecule has 0 spiro atoms. The van der Waals surface area contributed by atoms with E-state index in [0.29, 0.717) is 24.9 Å². The van der Waals surface area contributed by atoms with Crippen LogP contribution in [0.1, 0.15) is 32.1 Å². The molecule has 1 aliphatic heterocycles. The summed E-state index contributed by atoms with van der Waals surface area (Å²) in [5.74, 6) is 2.48. The molecule has 1 amide bonds. The number of halogens is 1. The summed E-state index contributed by atoms with van der Waals surface area (Å²) in [5, 5.41) is 0.733. The van der Waals surface area contributed by atoms with Crippen LogP contribution in [-0.4, -0.2) is 49.6 Å². The molecule has 0 atom stereocenters. The van der Waals surface area contributed by atoms with E-state index in [9.17, 15) is 9.59 Å². The lowest BCUT2D eigenvalue weighted by molar-refractivity contribution is -0.166. The Morgan fingerprint density at radius 2 is 1.55 bits per heavy atom. The quantitative estimate of drug-likeness (QED) is 0.703. The van der Waals surface area contributed by atoms with Crippen LogP contribution in [0, 0.1) is 29.6 Å². The summed E-state index contributed by atoms with van der Waals surface area (Å²) in [5.41, 5.74) is 1.01. The number of para-hydroxylation sites is 1. The van der Waals surface area contributed by atoms with Crippen LogP contribution in [-0.2, 0) is 14.3 Å². The lowest BCUT2D eigenvalue weighted by Crippen LogP contribution is -2.51. The van der Waals surface area contributed by atoms with Crippen molar-refractivity contribution in [2.24, 2.45) is 29.6 Å². The van der Waals surface area contributed by atoms with Gasteiger partial charge in [-0.05, 0) is 67.9 Å².